The number of pyridine rings is 1. The standard InChI is InChI=1S/C43H36N4O2/c1-31-26-39(40-28-34(20-21-41(40)45-31)42(48)46-22-24-49-25-23-46)33-13-11-12-32(27-33)35-29-44-47(30-35)43(36-14-5-2-6-15-36,37-16-7-3-8-17-37)38-18-9-4-10-19-38/h2-21,26-30H,22-25H2,1H3. The number of morpholine rings is 1. The van der Waals surface area contributed by atoms with Crippen LogP contribution in [0.25, 0.3) is 33.2 Å². The summed E-state index contributed by atoms with van der Waals surface area (Å²) >= 11 is 0. The number of carbonyl (C=O) groups excluding carboxylic acids is 1. The van der Waals surface area contributed by atoms with Crippen LogP contribution in [0.2, 0.25) is 0 Å². The molecule has 1 saturated heterocycles. The molecule has 8 rings (SSSR count). The molecular formula is C43H36N4O2. The number of aryl methyl sites for hydroxylation is 1. The molecule has 0 radical (unpaired) electrons. The van der Waals surface area contributed by atoms with Crippen molar-refractivity contribution in [1.29, 1.82) is 0 Å². The van der Waals surface area contributed by atoms with Crippen LogP contribution >= 0.6 is 0 Å². The van der Waals surface area contributed by atoms with Crippen molar-refractivity contribution in [3.8, 4) is 22.3 Å². The number of carbonyl (C=O) groups is 1. The van der Waals surface area contributed by atoms with E-state index in [0.717, 1.165) is 55.5 Å². The van der Waals surface area contributed by atoms with Gasteiger partial charge in [0.05, 0.1) is 24.9 Å². The summed E-state index contributed by atoms with van der Waals surface area (Å²) in [6.45, 7) is 4.35. The number of hydrogen-bond donors (Lipinski definition) is 0. The fourth-order valence-electron chi connectivity index (χ4n) is 7.14. The minimum Gasteiger partial charge on any atom is -0.378 e. The number of rotatable bonds is 7. The number of hydrogen-bond acceptors (Lipinski definition) is 4. The van der Waals surface area contributed by atoms with Gasteiger partial charge in [-0.1, -0.05) is 109 Å². The molecule has 5 aromatic carbocycles. The Hall–Kier alpha value is -5.85. The molecule has 2 aromatic heterocycles. The molecule has 6 nitrogen and oxygen atoms in total. The van der Waals surface area contributed by atoms with Gasteiger partial charge < -0.3 is 9.64 Å². The second-order valence-electron chi connectivity index (χ2n) is 12.5. The van der Waals surface area contributed by atoms with Crippen LogP contribution in [-0.4, -0.2) is 51.9 Å². The smallest absolute Gasteiger partial charge is 0.254 e. The van der Waals surface area contributed by atoms with E-state index < -0.39 is 5.54 Å². The molecular weight excluding hydrogens is 604 g/mol. The van der Waals surface area contributed by atoms with Crippen molar-refractivity contribution >= 4 is 16.8 Å². The quantitative estimate of drug-likeness (QED) is 0.164. The first kappa shape index (κ1) is 30.5. The summed E-state index contributed by atoms with van der Waals surface area (Å²) in [4.78, 5) is 20.1. The Bertz CT molecular complexity index is 2140. The molecule has 1 amide bonds. The van der Waals surface area contributed by atoms with Gasteiger partial charge in [0.25, 0.3) is 5.91 Å². The first-order chi connectivity index (χ1) is 24.1. The van der Waals surface area contributed by atoms with Gasteiger partial charge in [-0.15, -0.1) is 0 Å². The lowest BCUT2D eigenvalue weighted by atomic mass is 9.77. The fraction of sp³-hybridized carbons (Fsp3) is 0.140. The number of fused-ring (bicyclic) bond motifs is 1. The number of amides is 1. The topological polar surface area (TPSA) is 60.2 Å². The highest BCUT2D eigenvalue weighted by molar-refractivity contribution is 6.02. The van der Waals surface area contributed by atoms with Crippen LogP contribution in [0, 0.1) is 6.92 Å². The number of benzene rings is 5. The van der Waals surface area contributed by atoms with Crippen molar-refractivity contribution in [1.82, 2.24) is 19.7 Å². The molecule has 240 valence electrons. The van der Waals surface area contributed by atoms with Crippen LogP contribution < -0.4 is 0 Å². The predicted octanol–water partition coefficient (Wildman–Crippen LogP) is 8.39. The number of nitrogens with zero attached hydrogens (tertiary/aromatic N) is 4. The molecule has 0 saturated carbocycles. The Balaban J connectivity index is 1.24. The Morgan fingerprint density at radius 1 is 0.673 bits per heavy atom. The second-order valence-corrected chi connectivity index (χ2v) is 12.5. The van der Waals surface area contributed by atoms with Gasteiger partial charge in [0.1, 0.15) is 5.54 Å². The summed E-state index contributed by atoms with van der Waals surface area (Å²) in [6.07, 6.45) is 4.11. The summed E-state index contributed by atoms with van der Waals surface area (Å²) in [7, 11) is 0. The third-order valence-corrected chi connectivity index (χ3v) is 9.49. The summed E-state index contributed by atoms with van der Waals surface area (Å²) in [5, 5.41) is 6.04. The van der Waals surface area contributed by atoms with Gasteiger partial charge in [0, 0.05) is 41.5 Å². The van der Waals surface area contributed by atoms with Gasteiger partial charge in [-0.3, -0.25) is 14.5 Å². The molecule has 7 aromatic rings. The van der Waals surface area contributed by atoms with Crippen LogP contribution in [0.3, 0.4) is 0 Å². The van der Waals surface area contributed by atoms with Crippen molar-refractivity contribution in [2.45, 2.75) is 12.5 Å². The summed E-state index contributed by atoms with van der Waals surface area (Å²) in [5.41, 5.74) is 9.28. The molecule has 6 heteroatoms. The highest BCUT2D eigenvalue weighted by Gasteiger charge is 2.39. The summed E-state index contributed by atoms with van der Waals surface area (Å²) in [6, 6.07) is 48.3. The lowest BCUT2D eigenvalue weighted by Crippen LogP contribution is -2.40. The van der Waals surface area contributed by atoms with Crippen LogP contribution in [-0.2, 0) is 10.3 Å². The lowest BCUT2D eigenvalue weighted by Gasteiger charge is -2.36. The van der Waals surface area contributed by atoms with Gasteiger partial charge >= 0.3 is 0 Å². The zero-order chi connectivity index (χ0) is 33.2. The minimum atomic E-state index is -0.693. The maximum absolute atomic E-state index is 13.4. The monoisotopic (exact) mass is 640 g/mol. The van der Waals surface area contributed by atoms with Gasteiger partial charge in [0.15, 0.2) is 0 Å². The molecule has 1 aliphatic rings. The molecule has 0 atom stereocenters. The third kappa shape index (κ3) is 5.60. The van der Waals surface area contributed by atoms with E-state index in [1.165, 1.54) is 0 Å². The molecule has 49 heavy (non-hydrogen) atoms. The van der Waals surface area contributed by atoms with Crippen LogP contribution in [0.1, 0.15) is 32.7 Å². The normalized spacial score (nSPS) is 13.4. The fourth-order valence-corrected chi connectivity index (χ4v) is 7.14. The Morgan fingerprint density at radius 2 is 1.29 bits per heavy atom. The third-order valence-electron chi connectivity index (χ3n) is 9.49. The molecule has 0 spiro atoms. The van der Waals surface area contributed by atoms with E-state index in [-0.39, 0.29) is 5.91 Å². The van der Waals surface area contributed by atoms with Crippen molar-refractivity contribution in [2.24, 2.45) is 0 Å². The van der Waals surface area contributed by atoms with Gasteiger partial charge in [-0.2, -0.15) is 5.10 Å². The average molecular weight is 641 g/mol. The number of ether oxygens (including phenoxy) is 1. The maximum Gasteiger partial charge on any atom is 0.254 e. The molecule has 0 aliphatic carbocycles. The highest BCUT2D eigenvalue weighted by Crippen LogP contribution is 2.41. The highest BCUT2D eigenvalue weighted by atomic mass is 16.5. The Labute approximate surface area is 286 Å². The zero-order valence-electron chi connectivity index (χ0n) is 27.4. The van der Waals surface area contributed by atoms with E-state index in [9.17, 15) is 4.79 Å². The zero-order valence-corrected chi connectivity index (χ0v) is 27.4. The van der Waals surface area contributed by atoms with E-state index in [4.69, 9.17) is 14.8 Å². The van der Waals surface area contributed by atoms with E-state index in [0.29, 0.717) is 31.9 Å². The predicted molar refractivity (Wildman–Crippen MR) is 194 cm³/mol. The maximum atomic E-state index is 13.4. The largest absolute Gasteiger partial charge is 0.378 e. The molecule has 0 N–H and O–H groups in total. The van der Waals surface area contributed by atoms with Crippen molar-refractivity contribution < 1.29 is 9.53 Å². The van der Waals surface area contributed by atoms with Crippen LogP contribution in [0.4, 0.5) is 0 Å². The Morgan fingerprint density at radius 3 is 1.92 bits per heavy atom. The molecule has 0 bridgehead atoms. The Kier molecular flexibility index (Phi) is 8.08. The molecule has 0 unspecified atom stereocenters. The first-order valence-corrected chi connectivity index (χ1v) is 16.7. The molecule has 1 fully saturated rings. The van der Waals surface area contributed by atoms with Crippen molar-refractivity contribution in [2.75, 3.05) is 26.3 Å². The van der Waals surface area contributed by atoms with Crippen molar-refractivity contribution in [3.63, 3.8) is 0 Å². The summed E-state index contributed by atoms with van der Waals surface area (Å²) in [5.74, 6) is 0.0246. The minimum absolute atomic E-state index is 0.0246. The molecule has 1 aliphatic heterocycles. The van der Waals surface area contributed by atoms with Crippen molar-refractivity contribution in [3.05, 3.63) is 180 Å². The van der Waals surface area contributed by atoms with Crippen LogP contribution in [0.5, 0.6) is 0 Å². The summed E-state index contributed by atoms with van der Waals surface area (Å²) < 4.78 is 7.57. The van der Waals surface area contributed by atoms with Gasteiger partial charge in [0.2, 0.25) is 0 Å². The number of aromatic nitrogens is 3. The SMILES string of the molecule is Cc1cc(-c2cccc(-c3cnn(C(c4ccccc4)(c4ccccc4)c4ccccc4)c3)c2)c2cc(C(=O)N3CCOCC3)ccc2n1. The lowest BCUT2D eigenvalue weighted by molar-refractivity contribution is 0.0303. The van der Waals surface area contributed by atoms with Gasteiger partial charge in [-0.05, 0) is 70.6 Å². The van der Waals surface area contributed by atoms with E-state index in [1.54, 1.807) is 0 Å². The van der Waals surface area contributed by atoms with E-state index in [1.807, 2.05) is 36.2 Å². The average Bonchev–Trinajstić information content (AvgIpc) is 3.67. The van der Waals surface area contributed by atoms with E-state index >= 15 is 0 Å². The second kappa shape index (κ2) is 13.0. The molecule has 3 heterocycles. The first-order valence-electron chi connectivity index (χ1n) is 16.7. The van der Waals surface area contributed by atoms with E-state index in [2.05, 4.69) is 132 Å². The van der Waals surface area contributed by atoms with Crippen LogP contribution in [0.15, 0.2) is 152 Å². The van der Waals surface area contributed by atoms with Gasteiger partial charge in [-0.25, -0.2) is 0 Å².